The highest BCUT2D eigenvalue weighted by atomic mass is 16.2. The van der Waals surface area contributed by atoms with E-state index in [4.69, 9.17) is 5.73 Å². The number of nitrogens with zero attached hydrogens (tertiary/aromatic N) is 4. The number of rotatable bonds is 7. The standard InChI is InChI=1S/C23H22N8O2/c1-3-14-13-25-31-20(14)29-22(24)30-23(31)28-18-7-5-6-17(12-18)27-21(33)15-8-10-16(11-9-15)26-19(32)4-2/h4-13H,2-3H2,1H3,(H,26,32)(H,27,33)(H3,24,28,29,30). The molecule has 2 heterocycles. The van der Waals surface area contributed by atoms with E-state index in [0.29, 0.717) is 34.2 Å². The predicted molar refractivity (Wildman–Crippen MR) is 128 cm³/mol. The number of aromatic nitrogens is 4. The van der Waals surface area contributed by atoms with Crippen LogP contribution in [0.1, 0.15) is 22.8 Å². The molecule has 0 spiro atoms. The molecule has 5 N–H and O–H groups in total. The van der Waals surface area contributed by atoms with E-state index in [1.54, 1.807) is 53.2 Å². The van der Waals surface area contributed by atoms with Gasteiger partial charge in [0.05, 0.1) is 6.20 Å². The molecular weight excluding hydrogens is 420 g/mol. The molecule has 0 aliphatic carbocycles. The molecule has 33 heavy (non-hydrogen) atoms. The smallest absolute Gasteiger partial charge is 0.255 e. The number of benzene rings is 2. The number of carbonyl (C=O) groups is 2. The fraction of sp³-hybridized carbons (Fsp3) is 0.0870. The topological polar surface area (TPSA) is 139 Å². The molecule has 0 aliphatic heterocycles. The first-order chi connectivity index (χ1) is 16.0. The van der Waals surface area contributed by atoms with E-state index in [-0.39, 0.29) is 17.8 Å². The third kappa shape index (κ3) is 4.79. The molecule has 0 bridgehead atoms. The molecule has 10 heteroatoms. The van der Waals surface area contributed by atoms with Crippen molar-refractivity contribution < 1.29 is 9.59 Å². The van der Waals surface area contributed by atoms with Crippen molar-refractivity contribution in [2.75, 3.05) is 21.7 Å². The fourth-order valence-corrected chi connectivity index (χ4v) is 3.18. The molecule has 166 valence electrons. The number of nitrogens with one attached hydrogen (secondary N) is 3. The minimum atomic E-state index is -0.319. The number of aryl methyl sites for hydroxylation is 1. The average molecular weight is 442 g/mol. The van der Waals surface area contributed by atoms with Crippen molar-refractivity contribution in [3.8, 4) is 0 Å². The Labute approximate surface area is 189 Å². The maximum absolute atomic E-state index is 12.6. The van der Waals surface area contributed by atoms with Gasteiger partial charge in [-0.05, 0) is 55.0 Å². The second kappa shape index (κ2) is 9.18. The van der Waals surface area contributed by atoms with Crippen LogP contribution in [0.3, 0.4) is 0 Å². The summed E-state index contributed by atoms with van der Waals surface area (Å²) in [7, 11) is 0. The lowest BCUT2D eigenvalue weighted by molar-refractivity contribution is -0.111. The van der Waals surface area contributed by atoms with Gasteiger partial charge in [-0.1, -0.05) is 19.6 Å². The summed E-state index contributed by atoms with van der Waals surface area (Å²) in [5.41, 5.74) is 9.77. The van der Waals surface area contributed by atoms with Gasteiger partial charge < -0.3 is 21.7 Å². The first-order valence-electron chi connectivity index (χ1n) is 10.2. The van der Waals surface area contributed by atoms with Crippen LogP contribution < -0.4 is 21.7 Å². The third-order valence-electron chi connectivity index (χ3n) is 4.82. The molecule has 2 aromatic carbocycles. The predicted octanol–water partition coefficient (Wildman–Crippen LogP) is 3.39. The van der Waals surface area contributed by atoms with Crippen molar-refractivity contribution in [2.24, 2.45) is 0 Å². The van der Waals surface area contributed by atoms with Crippen molar-refractivity contribution in [3.05, 3.63) is 78.5 Å². The van der Waals surface area contributed by atoms with Crippen LogP contribution in [0.4, 0.5) is 29.0 Å². The van der Waals surface area contributed by atoms with Crippen LogP contribution in [-0.2, 0) is 11.2 Å². The van der Waals surface area contributed by atoms with Gasteiger partial charge in [0.1, 0.15) is 0 Å². The molecule has 4 rings (SSSR count). The molecular formula is C23H22N8O2. The van der Waals surface area contributed by atoms with Crippen LogP contribution in [0.15, 0.2) is 67.4 Å². The van der Waals surface area contributed by atoms with Crippen LogP contribution in [0, 0.1) is 0 Å². The second-order valence-corrected chi connectivity index (χ2v) is 7.09. The number of carbonyl (C=O) groups excluding carboxylic acids is 2. The number of hydrogen-bond donors (Lipinski definition) is 4. The Balaban J connectivity index is 1.50. The molecule has 0 radical (unpaired) electrons. The Kier molecular flexibility index (Phi) is 5.98. The first-order valence-corrected chi connectivity index (χ1v) is 10.2. The molecule has 10 nitrogen and oxygen atoms in total. The summed E-state index contributed by atoms with van der Waals surface area (Å²) in [6, 6.07) is 13.7. The van der Waals surface area contributed by atoms with Gasteiger partial charge in [0, 0.05) is 28.2 Å². The summed E-state index contributed by atoms with van der Waals surface area (Å²) in [6.07, 6.45) is 3.68. The molecule has 0 saturated carbocycles. The van der Waals surface area contributed by atoms with Crippen LogP contribution in [-0.4, -0.2) is 31.4 Å². The summed E-state index contributed by atoms with van der Waals surface area (Å²) in [6.45, 7) is 5.42. The van der Waals surface area contributed by atoms with E-state index < -0.39 is 0 Å². The van der Waals surface area contributed by atoms with Gasteiger partial charge in [0.25, 0.3) is 5.91 Å². The second-order valence-electron chi connectivity index (χ2n) is 7.09. The zero-order valence-electron chi connectivity index (χ0n) is 17.9. The van der Waals surface area contributed by atoms with Crippen molar-refractivity contribution in [3.63, 3.8) is 0 Å². The zero-order chi connectivity index (χ0) is 23.4. The van der Waals surface area contributed by atoms with Crippen molar-refractivity contribution in [2.45, 2.75) is 13.3 Å². The van der Waals surface area contributed by atoms with E-state index in [1.807, 2.05) is 13.0 Å². The lowest BCUT2D eigenvalue weighted by Crippen LogP contribution is -2.13. The highest BCUT2D eigenvalue weighted by Gasteiger charge is 2.12. The van der Waals surface area contributed by atoms with E-state index in [2.05, 4.69) is 37.6 Å². The summed E-state index contributed by atoms with van der Waals surface area (Å²) in [4.78, 5) is 32.5. The minimum Gasteiger partial charge on any atom is -0.368 e. The van der Waals surface area contributed by atoms with Gasteiger partial charge in [-0.3, -0.25) is 9.59 Å². The zero-order valence-corrected chi connectivity index (χ0v) is 17.9. The van der Waals surface area contributed by atoms with Gasteiger partial charge in [-0.2, -0.15) is 19.6 Å². The normalized spacial score (nSPS) is 10.6. The largest absolute Gasteiger partial charge is 0.368 e. The quantitative estimate of drug-likeness (QED) is 0.322. The van der Waals surface area contributed by atoms with Gasteiger partial charge >= 0.3 is 0 Å². The lowest BCUT2D eigenvalue weighted by Gasteiger charge is -2.11. The Morgan fingerprint density at radius 1 is 1.06 bits per heavy atom. The van der Waals surface area contributed by atoms with E-state index in [0.717, 1.165) is 12.0 Å². The number of fused-ring (bicyclic) bond motifs is 1. The monoisotopic (exact) mass is 442 g/mol. The maximum Gasteiger partial charge on any atom is 0.255 e. The van der Waals surface area contributed by atoms with Crippen LogP contribution in [0.5, 0.6) is 0 Å². The molecule has 0 atom stereocenters. The molecule has 2 aromatic heterocycles. The van der Waals surface area contributed by atoms with E-state index in [9.17, 15) is 9.59 Å². The Hall–Kier alpha value is -4.73. The van der Waals surface area contributed by atoms with E-state index in [1.165, 1.54) is 6.08 Å². The first kappa shape index (κ1) is 21.5. The number of nitrogen functional groups attached to an aromatic ring is 1. The summed E-state index contributed by atoms with van der Waals surface area (Å²) < 4.78 is 1.59. The lowest BCUT2D eigenvalue weighted by atomic mass is 10.2. The Morgan fingerprint density at radius 2 is 1.82 bits per heavy atom. The SMILES string of the molecule is C=CC(=O)Nc1ccc(C(=O)Nc2cccc(Nc3nc(N)nc4c(CC)cnn34)c2)cc1. The highest BCUT2D eigenvalue weighted by Crippen LogP contribution is 2.22. The maximum atomic E-state index is 12.6. The molecule has 0 unspecified atom stereocenters. The number of hydrogen-bond acceptors (Lipinski definition) is 7. The number of nitrogens with two attached hydrogens (primary N) is 1. The van der Waals surface area contributed by atoms with Gasteiger partial charge in [0.15, 0.2) is 5.65 Å². The van der Waals surface area contributed by atoms with Crippen molar-refractivity contribution in [1.29, 1.82) is 0 Å². The van der Waals surface area contributed by atoms with E-state index >= 15 is 0 Å². The number of amides is 2. The molecule has 0 aliphatic rings. The van der Waals surface area contributed by atoms with Crippen LogP contribution in [0.25, 0.3) is 5.65 Å². The Morgan fingerprint density at radius 3 is 2.55 bits per heavy atom. The molecule has 2 amide bonds. The van der Waals surface area contributed by atoms with Crippen LogP contribution in [0.2, 0.25) is 0 Å². The summed E-state index contributed by atoms with van der Waals surface area (Å²) >= 11 is 0. The minimum absolute atomic E-state index is 0.136. The molecule has 4 aromatic rings. The molecule has 0 fully saturated rings. The summed E-state index contributed by atoms with van der Waals surface area (Å²) in [5.74, 6) is -0.0578. The fourth-order valence-electron chi connectivity index (χ4n) is 3.18. The van der Waals surface area contributed by atoms with Crippen molar-refractivity contribution >= 4 is 46.4 Å². The summed E-state index contributed by atoms with van der Waals surface area (Å²) in [5, 5.41) is 13.0. The number of anilines is 5. The van der Waals surface area contributed by atoms with Crippen LogP contribution >= 0.6 is 0 Å². The van der Waals surface area contributed by atoms with Gasteiger partial charge in [0.2, 0.25) is 17.8 Å². The highest BCUT2D eigenvalue weighted by molar-refractivity contribution is 6.05. The third-order valence-corrected chi connectivity index (χ3v) is 4.82. The van der Waals surface area contributed by atoms with Gasteiger partial charge in [-0.25, -0.2) is 0 Å². The van der Waals surface area contributed by atoms with Gasteiger partial charge in [-0.15, -0.1) is 0 Å². The van der Waals surface area contributed by atoms with Crippen molar-refractivity contribution in [1.82, 2.24) is 19.6 Å². The Bertz CT molecular complexity index is 1340. The average Bonchev–Trinajstić information content (AvgIpc) is 3.22. The molecule has 0 saturated heterocycles.